The summed E-state index contributed by atoms with van der Waals surface area (Å²) in [5, 5.41) is 0. The molecule has 1 saturated heterocycles. The number of sulfone groups is 1. The van der Waals surface area contributed by atoms with Gasteiger partial charge in [0, 0.05) is 13.1 Å². The number of rotatable bonds is 3. The van der Waals surface area contributed by atoms with Gasteiger partial charge in [-0.1, -0.05) is 6.42 Å². The van der Waals surface area contributed by atoms with Crippen molar-refractivity contribution >= 4 is 9.84 Å². The lowest BCUT2D eigenvalue weighted by Gasteiger charge is -2.29. The van der Waals surface area contributed by atoms with Crippen LogP contribution in [0.5, 0.6) is 0 Å². The Labute approximate surface area is 104 Å². The second-order valence-electron chi connectivity index (χ2n) is 6.22. The highest BCUT2D eigenvalue weighted by Gasteiger charge is 2.39. The number of nitrogens with zero attached hydrogens (tertiary/aromatic N) is 1. The topological polar surface area (TPSA) is 37.4 Å². The van der Waals surface area contributed by atoms with Crippen molar-refractivity contribution in [2.75, 3.05) is 31.1 Å². The van der Waals surface area contributed by atoms with E-state index in [-0.39, 0.29) is 0 Å². The molecule has 2 saturated carbocycles. The van der Waals surface area contributed by atoms with Gasteiger partial charge in [-0.25, -0.2) is 8.42 Å². The predicted molar refractivity (Wildman–Crippen MR) is 68.6 cm³/mol. The zero-order valence-corrected chi connectivity index (χ0v) is 11.3. The molecule has 3 fully saturated rings. The zero-order valence-electron chi connectivity index (χ0n) is 10.5. The lowest BCUT2D eigenvalue weighted by atomic mass is 9.86. The van der Waals surface area contributed by atoms with Gasteiger partial charge in [0.05, 0.1) is 11.5 Å². The summed E-state index contributed by atoms with van der Waals surface area (Å²) in [5.74, 6) is 3.75. The van der Waals surface area contributed by atoms with Gasteiger partial charge < -0.3 is 4.90 Å². The number of fused-ring (bicyclic) bond motifs is 2. The van der Waals surface area contributed by atoms with Crippen LogP contribution < -0.4 is 0 Å². The first-order valence-electron chi connectivity index (χ1n) is 7.05. The SMILES string of the molecule is O=S1(=O)CCN(CCC2CC3CCC2C3)CC1. The first kappa shape index (κ1) is 12.0. The number of hydrogen-bond donors (Lipinski definition) is 0. The van der Waals surface area contributed by atoms with E-state index in [0.29, 0.717) is 11.5 Å². The summed E-state index contributed by atoms with van der Waals surface area (Å²) in [7, 11) is -2.70. The van der Waals surface area contributed by atoms with E-state index < -0.39 is 9.84 Å². The molecule has 0 amide bonds. The smallest absolute Gasteiger partial charge is 0.152 e. The summed E-state index contributed by atoms with van der Waals surface area (Å²) in [6, 6.07) is 0. The Morgan fingerprint density at radius 3 is 2.41 bits per heavy atom. The van der Waals surface area contributed by atoms with Gasteiger partial charge in [-0.2, -0.15) is 0 Å². The van der Waals surface area contributed by atoms with Crippen molar-refractivity contribution in [2.45, 2.75) is 32.1 Å². The first-order valence-corrected chi connectivity index (χ1v) is 8.87. The van der Waals surface area contributed by atoms with E-state index in [4.69, 9.17) is 0 Å². The quantitative estimate of drug-likeness (QED) is 0.770. The van der Waals surface area contributed by atoms with Gasteiger partial charge in [0.1, 0.15) is 0 Å². The molecule has 0 N–H and O–H groups in total. The largest absolute Gasteiger partial charge is 0.301 e. The van der Waals surface area contributed by atoms with Gasteiger partial charge in [-0.15, -0.1) is 0 Å². The molecule has 3 nitrogen and oxygen atoms in total. The average Bonchev–Trinajstić information content (AvgIpc) is 2.89. The summed E-state index contributed by atoms with van der Waals surface area (Å²) < 4.78 is 22.7. The fourth-order valence-corrected chi connectivity index (χ4v) is 5.33. The maximum Gasteiger partial charge on any atom is 0.152 e. The summed E-state index contributed by atoms with van der Waals surface area (Å²) in [5.41, 5.74) is 0. The van der Waals surface area contributed by atoms with Gasteiger partial charge in [0.2, 0.25) is 0 Å². The minimum Gasteiger partial charge on any atom is -0.301 e. The molecule has 1 aliphatic heterocycles. The van der Waals surface area contributed by atoms with Crippen molar-refractivity contribution in [3.8, 4) is 0 Å². The van der Waals surface area contributed by atoms with E-state index in [9.17, 15) is 8.42 Å². The fourth-order valence-electron chi connectivity index (χ4n) is 4.05. The lowest BCUT2D eigenvalue weighted by molar-refractivity contribution is 0.234. The molecular formula is C13H23NO2S. The molecule has 0 radical (unpaired) electrons. The molecule has 2 aliphatic carbocycles. The van der Waals surface area contributed by atoms with Gasteiger partial charge in [0.25, 0.3) is 0 Å². The second kappa shape index (κ2) is 4.54. The van der Waals surface area contributed by atoms with Crippen molar-refractivity contribution in [3.63, 3.8) is 0 Å². The van der Waals surface area contributed by atoms with E-state index in [1.54, 1.807) is 0 Å². The molecule has 0 aromatic rings. The molecule has 3 atom stereocenters. The Kier molecular flexibility index (Phi) is 3.20. The number of hydrogen-bond acceptors (Lipinski definition) is 3. The van der Waals surface area contributed by atoms with E-state index in [1.165, 1.54) is 32.1 Å². The minimum absolute atomic E-state index is 0.379. The molecule has 3 aliphatic rings. The standard InChI is InChI=1S/C13H23NO2S/c15-17(16)7-5-14(6-8-17)4-3-13-10-11-1-2-12(13)9-11/h11-13H,1-10H2. The van der Waals surface area contributed by atoms with Crippen LogP contribution in [0.1, 0.15) is 32.1 Å². The van der Waals surface area contributed by atoms with Crippen LogP contribution in [0.3, 0.4) is 0 Å². The van der Waals surface area contributed by atoms with E-state index in [1.807, 2.05) is 0 Å². The average molecular weight is 257 g/mol. The molecule has 4 heteroatoms. The lowest BCUT2D eigenvalue weighted by Crippen LogP contribution is -2.41. The Balaban J connectivity index is 1.43. The van der Waals surface area contributed by atoms with E-state index in [0.717, 1.165) is 37.4 Å². The minimum atomic E-state index is -2.70. The van der Waals surface area contributed by atoms with Crippen LogP contribution in [-0.2, 0) is 9.84 Å². The van der Waals surface area contributed by atoms with Crippen molar-refractivity contribution in [1.82, 2.24) is 4.90 Å². The van der Waals surface area contributed by atoms with Gasteiger partial charge in [0.15, 0.2) is 9.84 Å². The molecule has 2 bridgehead atoms. The third kappa shape index (κ3) is 2.68. The highest BCUT2D eigenvalue weighted by molar-refractivity contribution is 7.91. The first-order chi connectivity index (χ1) is 8.12. The summed E-state index contributed by atoms with van der Waals surface area (Å²) >= 11 is 0. The van der Waals surface area contributed by atoms with Gasteiger partial charge >= 0.3 is 0 Å². The molecule has 98 valence electrons. The Bertz CT molecular complexity index is 365. The van der Waals surface area contributed by atoms with Crippen LogP contribution in [0.2, 0.25) is 0 Å². The molecule has 3 unspecified atom stereocenters. The summed E-state index contributed by atoms with van der Waals surface area (Å²) in [6.07, 6.45) is 7.18. The Hall–Kier alpha value is -0.0900. The van der Waals surface area contributed by atoms with Gasteiger partial charge in [-0.3, -0.25) is 0 Å². The van der Waals surface area contributed by atoms with Crippen LogP contribution in [0.15, 0.2) is 0 Å². The van der Waals surface area contributed by atoms with Crippen LogP contribution >= 0.6 is 0 Å². The Morgan fingerprint density at radius 2 is 1.82 bits per heavy atom. The zero-order chi connectivity index (χ0) is 11.9. The molecule has 3 rings (SSSR count). The molecule has 17 heavy (non-hydrogen) atoms. The monoisotopic (exact) mass is 257 g/mol. The maximum atomic E-state index is 11.3. The highest BCUT2D eigenvalue weighted by atomic mass is 32.2. The van der Waals surface area contributed by atoms with E-state index in [2.05, 4.69) is 4.90 Å². The molecule has 0 spiro atoms. The molecule has 1 heterocycles. The Morgan fingerprint density at radius 1 is 1.06 bits per heavy atom. The van der Waals surface area contributed by atoms with Crippen molar-refractivity contribution in [1.29, 1.82) is 0 Å². The third-order valence-electron chi connectivity index (χ3n) is 5.14. The summed E-state index contributed by atoms with van der Waals surface area (Å²) in [4.78, 5) is 2.35. The molecule has 0 aromatic carbocycles. The van der Waals surface area contributed by atoms with Crippen LogP contribution in [0, 0.1) is 17.8 Å². The summed E-state index contributed by atoms with van der Waals surface area (Å²) in [6.45, 7) is 2.66. The molecule has 0 aromatic heterocycles. The highest BCUT2D eigenvalue weighted by Crippen LogP contribution is 2.49. The van der Waals surface area contributed by atoms with Crippen molar-refractivity contribution in [3.05, 3.63) is 0 Å². The fraction of sp³-hybridized carbons (Fsp3) is 1.00. The van der Waals surface area contributed by atoms with Gasteiger partial charge in [-0.05, 0) is 50.0 Å². The normalized spacial score (nSPS) is 40.8. The second-order valence-corrected chi connectivity index (χ2v) is 8.52. The van der Waals surface area contributed by atoms with E-state index >= 15 is 0 Å². The maximum absolute atomic E-state index is 11.3. The van der Waals surface area contributed by atoms with Crippen molar-refractivity contribution < 1.29 is 8.42 Å². The predicted octanol–water partition coefficient (Wildman–Crippen LogP) is 1.54. The van der Waals surface area contributed by atoms with Crippen LogP contribution in [0.4, 0.5) is 0 Å². The van der Waals surface area contributed by atoms with Crippen LogP contribution in [-0.4, -0.2) is 44.5 Å². The third-order valence-corrected chi connectivity index (χ3v) is 6.75. The van der Waals surface area contributed by atoms with Crippen molar-refractivity contribution in [2.24, 2.45) is 17.8 Å². The molecular weight excluding hydrogens is 234 g/mol. The van der Waals surface area contributed by atoms with Crippen LogP contribution in [0.25, 0.3) is 0 Å².